The Morgan fingerprint density at radius 2 is 1.27 bits per heavy atom. The Bertz CT molecular complexity index is 444. The van der Waals surface area contributed by atoms with Gasteiger partial charge in [0.1, 0.15) is 0 Å². The molecule has 3 rings (SSSR count). The highest BCUT2D eigenvalue weighted by atomic mass is 32.2. The molecule has 1 aromatic heterocycles. The average Bonchev–Trinajstić information content (AvgIpc) is 2.56. The van der Waals surface area contributed by atoms with Crippen molar-refractivity contribution in [3.05, 3.63) is 0 Å². The van der Waals surface area contributed by atoms with Crippen LogP contribution in [0.2, 0.25) is 0 Å². The van der Waals surface area contributed by atoms with Crippen LogP contribution in [0.5, 0.6) is 0 Å². The van der Waals surface area contributed by atoms with E-state index >= 15 is 0 Å². The first-order valence-electron chi connectivity index (χ1n) is 7.28. The molecule has 0 spiro atoms. The molecule has 0 unspecified atom stereocenters. The van der Waals surface area contributed by atoms with Crippen LogP contribution in [0.4, 0.5) is 5.95 Å². The van der Waals surface area contributed by atoms with Crippen molar-refractivity contribution in [3.63, 3.8) is 0 Å². The van der Waals surface area contributed by atoms with Gasteiger partial charge in [-0.05, 0) is 23.9 Å². The summed E-state index contributed by atoms with van der Waals surface area (Å²) < 4.78 is 15.2. The zero-order valence-corrected chi connectivity index (χ0v) is 14.2. The Morgan fingerprint density at radius 3 is 1.68 bits per heavy atom. The second-order valence-corrected chi connectivity index (χ2v) is 6.87. The maximum Gasteiger partial charge on any atom is 0.227 e. The number of hydrogen-bond acceptors (Lipinski definition) is 10. The molecule has 2 saturated heterocycles. The van der Waals surface area contributed by atoms with Gasteiger partial charge in [-0.3, -0.25) is 0 Å². The third kappa shape index (κ3) is 4.67. The van der Waals surface area contributed by atoms with Crippen molar-refractivity contribution in [1.82, 2.24) is 23.6 Å². The number of morpholine rings is 2. The minimum absolute atomic E-state index is 0.599. The van der Waals surface area contributed by atoms with Crippen LogP contribution >= 0.6 is 23.9 Å². The van der Waals surface area contributed by atoms with Crippen molar-refractivity contribution in [3.8, 4) is 0 Å². The summed E-state index contributed by atoms with van der Waals surface area (Å²) in [7, 11) is 1.82. The maximum atomic E-state index is 5.36. The van der Waals surface area contributed by atoms with Crippen LogP contribution in [0.3, 0.4) is 0 Å². The predicted molar refractivity (Wildman–Crippen MR) is 85.9 cm³/mol. The lowest BCUT2D eigenvalue weighted by Crippen LogP contribution is -2.31. The van der Waals surface area contributed by atoms with Gasteiger partial charge in [0.2, 0.25) is 16.3 Å². The minimum Gasteiger partial charge on any atom is -0.379 e. The van der Waals surface area contributed by atoms with Crippen LogP contribution in [-0.2, 0) is 9.47 Å². The molecule has 1 aromatic rings. The first-order chi connectivity index (χ1) is 10.8. The lowest BCUT2D eigenvalue weighted by atomic mass is 10.5. The van der Waals surface area contributed by atoms with Gasteiger partial charge in [-0.2, -0.15) is 15.0 Å². The van der Waals surface area contributed by atoms with E-state index in [9.17, 15) is 0 Å². The van der Waals surface area contributed by atoms with Gasteiger partial charge in [0.15, 0.2) is 0 Å². The number of anilines is 1. The lowest BCUT2D eigenvalue weighted by molar-refractivity contribution is 0.0770. The zero-order chi connectivity index (χ0) is 15.2. The van der Waals surface area contributed by atoms with E-state index in [0.29, 0.717) is 5.95 Å². The molecule has 0 bridgehead atoms. The quantitative estimate of drug-likeness (QED) is 0.767. The Balaban J connectivity index is 1.67. The summed E-state index contributed by atoms with van der Waals surface area (Å²) in [6.45, 7) is 6.57. The van der Waals surface area contributed by atoms with Gasteiger partial charge in [-0.15, -0.1) is 0 Å². The van der Waals surface area contributed by atoms with Crippen LogP contribution < -0.4 is 5.32 Å². The first-order valence-corrected chi connectivity index (χ1v) is 8.83. The highest BCUT2D eigenvalue weighted by Gasteiger charge is 2.18. The number of nitrogens with zero attached hydrogens (tertiary/aromatic N) is 5. The third-order valence-electron chi connectivity index (χ3n) is 3.18. The summed E-state index contributed by atoms with van der Waals surface area (Å²) in [5, 5.41) is 4.45. The third-order valence-corrected chi connectivity index (χ3v) is 5.12. The summed E-state index contributed by atoms with van der Waals surface area (Å²) in [6, 6.07) is 0. The molecule has 2 aliphatic heterocycles. The van der Waals surface area contributed by atoms with E-state index in [2.05, 4.69) is 28.9 Å². The normalized spacial score (nSPS) is 21.0. The molecule has 3 heterocycles. The van der Waals surface area contributed by atoms with Crippen molar-refractivity contribution >= 4 is 29.8 Å². The largest absolute Gasteiger partial charge is 0.379 e. The first kappa shape index (κ1) is 16.2. The van der Waals surface area contributed by atoms with Gasteiger partial charge in [0.25, 0.3) is 0 Å². The molecule has 122 valence electrons. The predicted octanol–water partition coefficient (Wildman–Crippen LogP) is 0.592. The molecule has 8 nitrogen and oxygen atoms in total. The highest BCUT2D eigenvalue weighted by Crippen LogP contribution is 2.25. The second-order valence-electron chi connectivity index (χ2n) is 4.74. The van der Waals surface area contributed by atoms with Crippen LogP contribution in [0, 0.1) is 0 Å². The Morgan fingerprint density at radius 1 is 0.818 bits per heavy atom. The van der Waals surface area contributed by atoms with E-state index in [1.807, 2.05) is 7.05 Å². The molecule has 0 aliphatic carbocycles. The van der Waals surface area contributed by atoms with Gasteiger partial charge < -0.3 is 14.8 Å². The molecular weight excluding hydrogens is 324 g/mol. The van der Waals surface area contributed by atoms with Crippen molar-refractivity contribution in [2.24, 2.45) is 0 Å². The average molecular weight is 344 g/mol. The fourth-order valence-corrected chi connectivity index (χ4v) is 3.73. The summed E-state index contributed by atoms with van der Waals surface area (Å²) in [6.07, 6.45) is 0. The molecule has 10 heteroatoms. The smallest absolute Gasteiger partial charge is 0.227 e. The molecule has 2 fully saturated rings. The number of nitrogens with one attached hydrogen (secondary N) is 1. The molecule has 0 aromatic carbocycles. The van der Waals surface area contributed by atoms with E-state index in [-0.39, 0.29) is 0 Å². The molecule has 0 radical (unpaired) electrons. The Labute approximate surface area is 138 Å². The number of ether oxygens (including phenoxy) is 2. The standard InChI is InChI=1S/C12H20N6O2S2/c1-13-10-14-11(21-17-2-6-19-7-3-17)16-12(15-10)22-18-4-8-20-9-5-18/h2-9H2,1H3,(H,13,14,15,16). The van der Waals surface area contributed by atoms with Gasteiger partial charge >= 0.3 is 0 Å². The van der Waals surface area contributed by atoms with E-state index in [0.717, 1.165) is 62.9 Å². The minimum atomic E-state index is 0.599. The molecule has 2 aliphatic rings. The number of aromatic nitrogens is 3. The van der Waals surface area contributed by atoms with E-state index < -0.39 is 0 Å². The number of rotatable bonds is 5. The van der Waals surface area contributed by atoms with Crippen molar-refractivity contribution in [2.75, 3.05) is 65.0 Å². The van der Waals surface area contributed by atoms with E-state index in [1.165, 1.54) is 0 Å². The topological polar surface area (TPSA) is 75.6 Å². The molecule has 0 saturated carbocycles. The van der Waals surface area contributed by atoms with Crippen molar-refractivity contribution in [1.29, 1.82) is 0 Å². The summed E-state index contributed by atoms with van der Waals surface area (Å²) in [4.78, 5) is 13.4. The molecular formula is C12H20N6O2S2. The van der Waals surface area contributed by atoms with Gasteiger partial charge in [-0.1, -0.05) is 0 Å². The second kappa shape index (κ2) is 8.27. The van der Waals surface area contributed by atoms with Crippen LogP contribution in [-0.4, -0.2) is 83.2 Å². The zero-order valence-electron chi connectivity index (χ0n) is 12.5. The van der Waals surface area contributed by atoms with Gasteiger partial charge in [-0.25, -0.2) is 8.61 Å². The van der Waals surface area contributed by atoms with E-state index in [4.69, 9.17) is 9.47 Å². The van der Waals surface area contributed by atoms with Crippen LogP contribution in [0.1, 0.15) is 0 Å². The number of hydrogen-bond donors (Lipinski definition) is 1. The highest BCUT2D eigenvalue weighted by molar-refractivity contribution is 7.97. The van der Waals surface area contributed by atoms with E-state index in [1.54, 1.807) is 23.9 Å². The summed E-state index contributed by atoms with van der Waals surface area (Å²) in [5.41, 5.74) is 0. The van der Waals surface area contributed by atoms with Gasteiger partial charge in [0.05, 0.1) is 26.4 Å². The fourth-order valence-electron chi connectivity index (χ4n) is 2.04. The lowest BCUT2D eigenvalue weighted by Gasteiger charge is -2.25. The van der Waals surface area contributed by atoms with Crippen molar-refractivity contribution < 1.29 is 9.47 Å². The molecule has 0 atom stereocenters. The summed E-state index contributed by atoms with van der Waals surface area (Å²) >= 11 is 3.13. The monoisotopic (exact) mass is 344 g/mol. The maximum absolute atomic E-state index is 5.36. The Hall–Kier alpha value is -0.650. The molecule has 22 heavy (non-hydrogen) atoms. The fraction of sp³-hybridized carbons (Fsp3) is 0.750. The molecule has 1 N–H and O–H groups in total. The summed E-state index contributed by atoms with van der Waals surface area (Å²) in [5.74, 6) is 0.599. The van der Waals surface area contributed by atoms with Crippen LogP contribution in [0.25, 0.3) is 0 Å². The Kier molecular flexibility index (Phi) is 6.10. The van der Waals surface area contributed by atoms with Gasteiger partial charge in [0, 0.05) is 33.2 Å². The molecule has 0 amide bonds. The van der Waals surface area contributed by atoms with Crippen molar-refractivity contribution in [2.45, 2.75) is 10.3 Å². The SMILES string of the molecule is CNc1nc(SN2CCOCC2)nc(SN2CCOCC2)n1. The van der Waals surface area contributed by atoms with Crippen LogP contribution in [0.15, 0.2) is 10.3 Å².